The fourth-order valence-electron chi connectivity index (χ4n) is 2.40. The van der Waals surface area contributed by atoms with E-state index in [-0.39, 0.29) is 0 Å². The smallest absolute Gasteiger partial charge is 0.0483 e. The maximum Gasteiger partial charge on any atom is 0.0483 e. The molecule has 0 aliphatic heterocycles. The number of fused-ring (bicyclic) bond motifs is 1. The minimum Gasteiger partial charge on any atom is -0.347 e. The predicted octanol–water partition coefficient (Wildman–Crippen LogP) is 3.50. The molecule has 1 aromatic carbocycles. The maximum absolute atomic E-state index is 5.56. The molecule has 2 nitrogen and oxygen atoms in total. The van der Waals surface area contributed by atoms with E-state index in [4.69, 9.17) is 5.73 Å². The van der Waals surface area contributed by atoms with Crippen LogP contribution in [-0.4, -0.2) is 11.1 Å². The Labute approximate surface area is 109 Å². The van der Waals surface area contributed by atoms with Crippen molar-refractivity contribution in [3.63, 3.8) is 0 Å². The second-order valence-corrected chi connectivity index (χ2v) is 4.69. The molecule has 0 fully saturated rings. The Balaban J connectivity index is 2.25. The van der Waals surface area contributed by atoms with Crippen LogP contribution in [0.3, 0.4) is 0 Å². The first kappa shape index (κ1) is 12.9. The third kappa shape index (κ3) is 2.82. The molecule has 1 aromatic heterocycles. The second-order valence-electron chi connectivity index (χ2n) is 4.69. The number of aromatic nitrogens is 1. The molecule has 0 saturated heterocycles. The molecule has 2 N–H and O–H groups in total. The number of para-hydroxylation sites is 1. The van der Waals surface area contributed by atoms with Crippen LogP contribution in [0.4, 0.5) is 0 Å². The monoisotopic (exact) mass is 242 g/mol. The number of nitrogens with zero attached hydrogens (tertiary/aromatic N) is 1. The number of rotatable bonds is 7. The van der Waals surface area contributed by atoms with Crippen LogP contribution in [0.2, 0.25) is 0 Å². The highest BCUT2D eigenvalue weighted by molar-refractivity contribution is 5.83. The van der Waals surface area contributed by atoms with Crippen molar-refractivity contribution in [3.8, 4) is 0 Å². The molecule has 2 aromatic rings. The van der Waals surface area contributed by atoms with Crippen molar-refractivity contribution < 1.29 is 0 Å². The predicted molar refractivity (Wildman–Crippen MR) is 78.7 cm³/mol. The number of nitrogens with two attached hydrogens (primary N) is 1. The van der Waals surface area contributed by atoms with Gasteiger partial charge in [-0.15, -0.1) is 6.58 Å². The van der Waals surface area contributed by atoms with Crippen molar-refractivity contribution >= 4 is 10.9 Å². The van der Waals surface area contributed by atoms with Gasteiger partial charge >= 0.3 is 0 Å². The maximum atomic E-state index is 5.56. The molecule has 96 valence electrons. The minimum absolute atomic E-state index is 0.787. The van der Waals surface area contributed by atoms with Crippen LogP contribution in [0.15, 0.2) is 43.1 Å². The van der Waals surface area contributed by atoms with Crippen molar-refractivity contribution in [2.45, 2.75) is 32.2 Å². The van der Waals surface area contributed by atoms with Crippen molar-refractivity contribution in [2.24, 2.45) is 5.73 Å². The first-order chi connectivity index (χ1) is 8.86. The molecule has 0 spiro atoms. The van der Waals surface area contributed by atoms with E-state index in [0.29, 0.717) is 0 Å². The Morgan fingerprint density at radius 2 is 2.06 bits per heavy atom. The summed E-state index contributed by atoms with van der Waals surface area (Å²) < 4.78 is 2.34. The number of benzene rings is 1. The lowest BCUT2D eigenvalue weighted by molar-refractivity contribution is 0.721. The molecule has 0 radical (unpaired) electrons. The van der Waals surface area contributed by atoms with Crippen LogP contribution < -0.4 is 5.73 Å². The van der Waals surface area contributed by atoms with E-state index < -0.39 is 0 Å². The lowest BCUT2D eigenvalue weighted by atomic mass is 10.1. The Bertz CT molecular complexity index is 511. The summed E-state index contributed by atoms with van der Waals surface area (Å²) in [5, 5.41) is 1.39. The van der Waals surface area contributed by atoms with Gasteiger partial charge in [-0.1, -0.05) is 24.3 Å². The van der Waals surface area contributed by atoms with Crippen molar-refractivity contribution in [3.05, 3.63) is 48.7 Å². The standard InChI is InChI=1S/C16H22N2/c1-2-3-12-18-13-14(8-6-7-11-17)15-9-4-5-10-16(15)18/h2,4-5,9-10,13H,1,3,6-8,11-12,17H2. The summed E-state index contributed by atoms with van der Waals surface area (Å²) in [5.74, 6) is 0. The summed E-state index contributed by atoms with van der Waals surface area (Å²) in [6, 6.07) is 8.64. The van der Waals surface area contributed by atoms with E-state index in [2.05, 4.69) is 41.6 Å². The first-order valence-electron chi connectivity index (χ1n) is 6.74. The van der Waals surface area contributed by atoms with Crippen molar-refractivity contribution in [1.29, 1.82) is 0 Å². The molecule has 0 bridgehead atoms. The van der Waals surface area contributed by atoms with Gasteiger partial charge in [0.25, 0.3) is 0 Å². The van der Waals surface area contributed by atoms with Gasteiger partial charge in [0.15, 0.2) is 0 Å². The van der Waals surface area contributed by atoms with Gasteiger partial charge in [-0.2, -0.15) is 0 Å². The normalized spacial score (nSPS) is 10.9. The fraction of sp³-hybridized carbons (Fsp3) is 0.375. The second kappa shape index (κ2) is 6.41. The Hall–Kier alpha value is -1.54. The molecule has 0 unspecified atom stereocenters. The first-order valence-corrected chi connectivity index (χ1v) is 6.74. The van der Waals surface area contributed by atoms with E-state index >= 15 is 0 Å². The van der Waals surface area contributed by atoms with E-state index in [1.54, 1.807) is 0 Å². The lowest BCUT2D eigenvalue weighted by Crippen LogP contribution is -1.98. The number of aryl methyl sites for hydroxylation is 2. The van der Waals surface area contributed by atoms with Crippen LogP contribution in [0, 0.1) is 0 Å². The van der Waals surface area contributed by atoms with Crippen molar-refractivity contribution in [1.82, 2.24) is 4.57 Å². The Kier molecular flexibility index (Phi) is 4.59. The van der Waals surface area contributed by atoms with Gasteiger partial charge in [-0.3, -0.25) is 0 Å². The van der Waals surface area contributed by atoms with Gasteiger partial charge < -0.3 is 10.3 Å². The van der Waals surface area contributed by atoms with Gasteiger partial charge in [0.05, 0.1) is 0 Å². The van der Waals surface area contributed by atoms with E-state index in [1.165, 1.54) is 22.9 Å². The highest BCUT2D eigenvalue weighted by atomic mass is 15.0. The Morgan fingerprint density at radius 1 is 1.22 bits per heavy atom. The summed E-state index contributed by atoms with van der Waals surface area (Å²) in [6.45, 7) is 5.60. The van der Waals surface area contributed by atoms with Gasteiger partial charge in [-0.25, -0.2) is 0 Å². The average molecular weight is 242 g/mol. The average Bonchev–Trinajstić information content (AvgIpc) is 2.76. The van der Waals surface area contributed by atoms with Crippen LogP contribution in [0.5, 0.6) is 0 Å². The quantitative estimate of drug-likeness (QED) is 0.584. The summed E-state index contributed by atoms with van der Waals surface area (Å²) in [5.41, 5.74) is 8.34. The molecule has 1 heterocycles. The summed E-state index contributed by atoms with van der Waals surface area (Å²) in [4.78, 5) is 0. The molecule has 2 heteroatoms. The van der Waals surface area contributed by atoms with Crippen LogP contribution >= 0.6 is 0 Å². The van der Waals surface area contributed by atoms with Gasteiger partial charge in [0, 0.05) is 23.6 Å². The van der Waals surface area contributed by atoms with Gasteiger partial charge in [-0.05, 0) is 43.9 Å². The van der Waals surface area contributed by atoms with Gasteiger partial charge in [0.1, 0.15) is 0 Å². The molecule has 2 rings (SSSR count). The van der Waals surface area contributed by atoms with Crippen LogP contribution in [0.25, 0.3) is 10.9 Å². The lowest BCUT2D eigenvalue weighted by Gasteiger charge is -2.01. The van der Waals surface area contributed by atoms with E-state index in [1.807, 2.05) is 6.08 Å². The van der Waals surface area contributed by atoms with E-state index in [0.717, 1.165) is 32.4 Å². The fourth-order valence-corrected chi connectivity index (χ4v) is 2.40. The zero-order chi connectivity index (χ0) is 12.8. The largest absolute Gasteiger partial charge is 0.347 e. The van der Waals surface area contributed by atoms with E-state index in [9.17, 15) is 0 Å². The topological polar surface area (TPSA) is 30.9 Å². The third-order valence-electron chi connectivity index (χ3n) is 3.35. The number of hydrogen-bond donors (Lipinski definition) is 1. The molecule has 0 atom stereocenters. The van der Waals surface area contributed by atoms with Crippen LogP contribution in [-0.2, 0) is 13.0 Å². The molecule has 0 aliphatic rings. The summed E-state index contributed by atoms with van der Waals surface area (Å²) >= 11 is 0. The van der Waals surface area contributed by atoms with Gasteiger partial charge in [0.2, 0.25) is 0 Å². The summed E-state index contributed by atoms with van der Waals surface area (Å²) in [6.07, 6.45) is 8.69. The summed E-state index contributed by atoms with van der Waals surface area (Å²) in [7, 11) is 0. The molecular formula is C16H22N2. The highest BCUT2D eigenvalue weighted by Crippen LogP contribution is 2.23. The molecular weight excluding hydrogens is 220 g/mol. The SMILES string of the molecule is C=CCCn1cc(CCCCN)c2ccccc21. The zero-order valence-electron chi connectivity index (χ0n) is 10.9. The van der Waals surface area contributed by atoms with Crippen LogP contribution in [0.1, 0.15) is 24.8 Å². The highest BCUT2D eigenvalue weighted by Gasteiger charge is 2.06. The number of hydrogen-bond acceptors (Lipinski definition) is 1. The van der Waals surface area contributed by atoms with Crippen molar-refractivity contribution in [2.75, 3.05) is 6.54 Å². The number of allylic oxidation sites excluding steroid dienone is 1. The molecule has 0 aliphatic carbocycles. The molecule has 0 saturated carbocycles. The zero-order valence-corrected chi connectivity index (χ0v) is 10.9. The number of unbranched alkanes of at least 4 members (excludes halogenated alkanes) is 1. The third-order valence-corrected chi connectivity index (χ3v) is 3.35. The minimum atomic E-state index is 0.787. The Morgan fingerprint density at radius 3 is 2.83 bits per heavy atom. The molecule has 18 heavy (non-hydrogen) atoms. The molecule has 0 amide bonds.